The number of alkyl halides is 10. The molecule has 0 aromatic carbocycles. The van der Waals surface area contributed by atoms with E-state index in [1.54, 1.807) is 0 Å². The van der Waals surface area contributed by atoms with Crippen LogP contribution in [0.5, 0.6) is 0 Å². The lowest BCUT2D eigenvalue weighted by molar-refractivity contribution is -0.492. The lowest BCUT2D eigenvalue weighted by Gasteiger charge is -2.52. The van der Waals surface area contributed by atoms with Crippen molar-refractivity contribution in [2.24, 2.45) is 0 Å². The van der Waals surface area contributed by atoms with Gasteiger partial charge < -0.3 is 5.11 Å². The summed E-state index contributed by atoms with van der Waals surface area (Å²) >= 11 is 0. The molecule has 1 aliphatic rings. The summed E-state index contributed by atoms with van der Waals surface area (Å²) in [6.07, 6.45) is 0. The Hall–Kier alpha value is -0.740. The van der Waals surface area contributed by atoms with Crippen LogP contribution in [0.25, 0.3) is 0 Å². The van der Waals surface area contributed by atoms with Gasteiger partial charge in [-0.1, -0.05) is 0 Å². The van der Waals surface area contributed by atoms with E-state index in [2.05, 4.69) is 0 Å². The van der Waals surface area contributed by atoms with Crippen LogP contribution in [0.3, 0.4) is 0 Å². The average Bonchev–Trinajstić information content (AvgIpc) is 2.14. The molecule has 1 N–H and O–H groups in total. The molecule has 108 valence electrons. The van der Waals surface area contributed by atoms with E-state index in [-0.39, 0.29) is 0 Å². The van der Waals surface area contributed by atoms with E-state index in [9.17, 15) is 43.9 Å². The first-order valence-electron chi connectivity index (χ1n) is 4.11. The van der Waals surface area contributed by atoms with Crippen molar-refractivity contribution in [1.82, 2.24) is 0 Å². The fraction of sp³-hybridized carbons (Fsp3) is 1.00. The predicted molar refractivity (Wildman–Crippen MR) is 35.4 cm³/mol. The third-order valence-electron chi connectivity index (χ3n) is 2.80. The zero-order valence-electron chi connectivity index (χ0n) is 8.23. The maximum absolute atomic E-state index is 12.8. The Morgan fingerprint density at radius 1 is 0.500 bits per heavy atom. The summed E-state index contributed by atoms with van der Waals surface area (Å²) in [7, 11) is 0. The van der Waals surface area contributed by atoms with Crippen molar-refractivity contribution in [3.05, 3.63) is 0 Å². The molecule has 0 heterocycles. The Labute approximate surface area is 92.4 Å². The molecule has 0 amide bonds. The molecule has 0 aliphatic heterocycles. The summed E-state index contributed by atoms with van der Waals surface area (Å²) in [5.41, 5.74) is -5.35. The fourth-order valence-electron chi connectivity index (χ4n) is 1.40. The van der Waals surface area contributed by atoms with E-state index in [4.69, 9.17) is 5.11 Å². The molecule has 1 fully saturated rings. The zero-order valence-corrected chi connectivity index (χ0v) is 8.23. The number of hydrogen-bond donors (Lipinski definition) is 1. The highest BCUT2D eigenvalue weighted by molar-refractivity contribution is 5.24. The van der Waals surface area contributed by atoms with Crippen molar-refractivity contribution in [1.29, 1.82) is 0 Å². The molecular formula is C7H4F10O. The molecule has 0 radical (unpaired) electrons. The molecule has 0 atom stereocenters. The van der Waals surface area contributed by atoms with Crippen molar-refractivity contribution in [3.63, 3.8) is 0 Å². The number of halogens is 10. The van der Waals surface area contributed by atoms with Crippen LogP contribution in [0.1, 0.15) is 6.92 Å². The zero-order chi connectivity index (χ0) is 15.0. The molecule has 11 heteroatoms. The van der Waals surface area contributed by atoms with Crippen LogP contribution in [-0.4, -0.2) is 40.3 Å². The van der Waals surface area contributed by atoms with E-state index >= 15 is 0 Å². The highest BCUT2D eigenvalue weighted by atomic mass is 19.4. The molecule has 0 spiro atoms. The van der Waals surface area contributed by atoms with Crippen molar-refractivity contribution < 1.29 is 49.0 Å². The van der Waals surface area contributed by atoms with Gasteiger partial charge in [-0.3, -0.25) is 0 Å². The normalized spacial score (nSPS) is 34.0. The summed E-state index contributed by atoms with van der Waals surface area (Å²) in [5.74, 6) is -33.7. The Balaban J connectivity index is 3.72. The van der Waals surface area contributed by atoms with Gasteiger partial charge in [-0.15, -0.1) is 0 Å². The number of aliphatic hydroxyl groups is 1. The van der Waals surface area contributed by atoms with Crippen LogP contribution in [0.4, 0.5) is 43.9 Å². The summed E-state index contributed by atoms with van der Waals surface area (Å²) in [4.78, 5) is 0. The standard InChI is InChI=1S/C7H4F10O/c1-2(18)3(8,9)5(12,13)7(16,17)6(14,15)4(2,10)11/h18H,1H3. The first kappa shape index (κ1) is 15.3. The Morgan fingerprint density at radius 2 is 0.667 bits per heavy atom. The van der Waals surface area contributed by atoms with Gasteiger partial charge in [0.25, 0.3) is 0 Å². The SMILES string of the molecule is CC1(O)C(F)(F)C(F)(F)C(F)(F)C(F)(F)C1(F)F. The minimum atomic E-state index is -7.03. The Kier molecular flexibility index (Phi) is 2.59. The van der Waals surface area contributed by atoms with Crippen molar-refractivity contribution in [2.75, 3.05) is 0 Å². The van der Waals surface area contributed by atoms with Gasteiger partial charge in [-0.2, -0.15) is 43.9 Å². The summed E-state index contributed by atoms with van der Waals surface area (Å²) in [6, 6.07) is 0. The second kappa shape index (κ2) is 3.05. The molecule has 0 bridgehead atoms. The van der Waals surface area contributed by atoms with Crippen LogP contribution in [0.15, 0.2) is 0 Å². The van der Waals surface area contributed by atoms with Crippen LogP contribution in [0.2, 0.25) is 0 Å². The van der Waals surface area contributed by atoms with E-state index < -0.39 is 42.1 Å². The summed E-state index contributed by atoms with van der Waals surface area (Å²) in [6.45, 7) is -0.760. The van der Waals surface area contributed by atoms with Gasteiger partial charge in [0.2, 0.25) is 5.60 Å². The van der Waals surface area contributed by atoms with Gasteiger partial charge in [0.05, 0.1) is 0 Å². The van der Waals surface area contributed by atoms with Crippen molar-refractivity contribution in [3.8, 4) is 0 Å². The Bertz CT molecular complexity index is 253. The third-order valence-corrected chi connectivity index (χ3v) is 2.80. The third kappa shape index (κ3) is 1.09. The number of rotatable bonds is 0. The van der Waals surface area contributed by atoms with Crippen LogP contribution < -0.4 is 0 Å². The fourth-order valence-corrected chi connectivity index (χ4v) is 1.40. The minimum Gasteiger partial charge on any atom is -0.378 e. The van der Waals surface area contributed by atoms with Gasteiger partial charge in [-0.05, 0) is 6.92 Å². The van der Waals surface area contributed by atoms with Crippen LogP contribution >= 0.6 is 0 Å². The van der Waals surface area contributed by atoms with Gasteiger partial charge in [-0.25, -0.2) is 0 Å². The van der Waals surface area contributed by atoms with E-state index in [0.29, 0.717) is 0 Å². The summed E-state index contributed by atoms with van der Waals surface area (Å²) < 4.78 is 127. The van der Waals surface area contributed by atoms with Crippen LogP contribution in [0, 0.1) is 0 Å². The number of hydrogen-bond acceptors (Lipinski definition) is 1. The lowest BCUT2D eigenvalue weighted by atomic mass is 9.72. The molecule has 1 nitrogen and oxygen atoms in total. The van der Waals surface area contributed by atoms with E-state index in [0.717, 1.165) is 0 Å². The maximum atomic E-state index is 12.8. The molecule has 0 unspecified atom stereocenters. The monoisotopic (exact) mass is 294 g/mol. The molecule has 1 rings (SSSR count). The smallest absolute Gasteiger partial charge is 0.378 e. The van der Waals surface area contributed by atoms with E-state index in [1.807, 2.05) is 0 Å². The van der Waals surface area contributed by atoms with Gasteiger partial charge >= 0.3 is 29.6 Å². The lowest BCUT2D eigenvalue weighted by Crippen LogP contribution is -2.84. The second-order valence-electron chi connectivity index (χ2n) is 3.94. The largest absolute Gasteiger partial charge is 0.384 e. The predicted octanol–water partition coefficient (Wildman–Crippen LogP) is 2.93. The molecule has 1 aliphatic carbocycles. The van der Waals surface area contributed by atoms with Gasteiger partial charge in [0, 0.05) is 0 Å². The second-order valence-corrected chi connectivity index (χ2v) is 3.94. The van der Waals surface area contributed by atoms with Crippen LogP contribution in [-0.2, 0) is 0 Å². The Morgan fingerprint density at radius 3 is 0.889 bits per heavy atom. The molecule has 18 heavy (non-hydrogen) atoms. The van der Waals surface area contributed by atoms with Gasteiger partial charge in [0.1, 0.15) is 0 Å². The first-order chi connectivity index (χ1) is 7.50. The molecule has 0 aromatic heterocycles. The molecule has 0 aromatic rings. The molecular weight excluding hydrogens is 290 g/mol. The highest BCUT2D eigenvalue weighted by Gasteiger charge is 2.99. The van der Waals surface area contributed by atoms with E-state index in [1.165, 1.54) is 0 Å². The minimum absolute atomic E-state index is 0.760. The van der Waals surface area contributed by atoms with Gasteiger partial charge in [0.15, 0.2) is 0 Å². The quantitative estimate of drug-likeness (QED) is 0.681. The van der Waals surface area contributed by atoms with Crippen molar-refractivity contribution in [2.45, 2.75) is 42.1 Å². The average molecular weight is 294 g/mol. The molecule has 1 saturated carbocycles. The van der Waals surface area contributed by atoms with Crippen molar-refractivity contribution >= 4 is 0 Å². The summed E-state index contributed by atoms with van der Waals surface area (Å²) in [5, 5.41) is 8.54. The highest BCUT2D eigenvalue weighted by Crippen LogP contribution is 2.67. The topological polar surface area (TPSA) is 20.2 Å². The molecule has 0 saturated heterocycles. The first-order valence-corrected chi connectivity index (χ1v) is 4.11. The maximum Gasteiger partial charge on any atom is 0.384 e.